The Morgan fingerprint density at radius 3 is 2.51 bits per heavy atom. The molecule has 0 aliphatic carbocycles. The molecule has 0 saturated carbocycles. The van der Waals surface area contributed by atoms with Crippen molar-refractivity contribution in [1.82, 2.24) is 14.9 Å². The van der Waals surface area contributed by atoms with Gasteiger partial charge < -0.3 is 15.0 Å². The molecule has 2 N–H and O–H groups in total. The van der Waals surface area contributed by atoms with Crippen molar-refractivity contribution in [1.29, 1.82) is 0 Å². The number of hydrogen-bond acceptors (Lipinski definition) is 4. The number of aromatic carboxylic acids is 1. The van der Waals surface area contributed by atoms with E-state index in [4.69, 9.17) is 10.1 Å². The van der Waals surface area contributed by atoms with Crippen molar-refractivity contribution in [2.24, 2.45) is 0 Å². The number of carbonyl (C=O) groups is 2. The summed E-state index contributed by atoms with van der Waals surface area (Å²) in [6.45, 7) is 2.44. The molecule has 0 spiro atoms. The number of aromatic nitrogens is 2. The Hall–Kier alpha value is -4.23. The molecule has 0 bridgehead atoms. The lowest BCUT2D eigenvalue weighted by Crippen LogP contribution is -2.27. The van der Waals surface area contributed by atoms with E-state index in [0.717, 1.165) is 32.7 Å². The Kier molecular flexibility index (Phi) is 6.16. The van der Waals surface area contributed by atoms with E-state index >= 15 is 0 Å². The standard InChI is InChI=1S/C28H23N3O3S/c1-18(19-10-12-22(13-11-19)28(33)34)29-26(32)24-9-5-8-20-14-15-31(25(20)24)16-23-17-35-27(30-23)21-6-3-2-4-7-21/h2-15,17-18H,16H2,1H3,(H,29,32)(H,33,34)/t18-/m0/s1. The van der Waals surface area contributed by atoms with Gasteiger partial charge in [-0.05, 0) is 36.8 Å². The Morgan fingerprint density at radius 1 is 1.00 bits per heavy atom. The summed E-state index contributed by atoms with van der Waals surface area (Å²) < 4.78 is 2.06. The van der Waals surface area contributed by atoms with Gasteiger partial charge in [0.15, 0.2) is 0 Å². The average molecular weight is 482 g/mol. The van der Waals surface area contributed by atoms with Crippen LogP contribution in [0.5, 0.6) is 0 Å². The summed E-state index contributed by atoms with van der Waals surface area (Å²) in [5.74, 6) is -1.16. The molecule has 0 unspecified atom stereocenters. The van der Waals surface area contributed by atoms with Crippen molar-refractivity contribution in [3.05, 3.63) is 113 Å². The van der Waals surface area contributed by atoms with Gasteiger partial charge in [0.25, 0.3) is 5.91 Å². The van der Waals surface area contributed by atoms with Crippen molar-refractivity contribution in [2.45, 2.75) is 19.5 Å². The molecule has 5 aromatic rings. The normalized spacial score (nSPS) is 11.9. The number of amides is 1. The first-order valence-corrected chi connectivity index (χ1v) is 12.1. The minimum absolute atomic E-state index is 0.186. The highest BCUT2D eigenvalue weighted by Crippen LogP contribution is 2.26. The monoisotopic (exact) mass is 481 g/mol. The van der Waals surface area contributed by atoms with Gasteiger partial charge in [0.2, 0.25) is 0 Å². The smallest absolute Gasteiger partial charge is 0.335 e. The lowest BCUT2D eigenvalue weighted by Gasteiger charge is -2.16. The van der Waals surface area contributed by atoms with Crippen LogP contribution in [-0.2, 0) is 6.54 Å². The highest BCUT2D eigenvalue weighted by Gasteiger charge is 2.17. The van der Waals surface area contributed by atoms with Crippen LogP contribution in [0.25, 0.3) is 21.5 Å². The molecule has 0 saturated heterocycles. The predicted molar refractivity (Wildman–Crippen MR) is 138 cm³/mol. The summed E-state index contributed by atoms with van der Waals surface area (Å²) >= 11 is 1.61. The zero-order valence-electron chi connectivity index (χ0n) is 19.0. The highest BCUT2D eigenvalue weighted by atomic mass is 32.1. The number of nitrogens with zero attached hydrogens (tertiary/aromatic N) is 2. The van der Waals surface area contributed by atoms with Gasteiger partial charge in [-0.25, -0.2) is 9.78 Å². The molecule has 2 aromatic heterocycles. The predicted octanol–water partition coefficient (Wildman–Crippen LogP) is 6.00. The van der Waals surface area contributed by atoms with Crippen molar-refractivity contribution in [3.8, 4) is 10.6 Å². The Bertz CT molecular complexity index is 1500. The number of rotatable bonds is 7. The van der Waals surface area contributed by atoms with Crippen molar-refractivity contribution >= 4 is 34.1 Å². The first-order valence-electron chi connectivity index (χ1n) is 11.2. The van der Waals surface area contributed by atoms with Crippen molar-refractivity contribution < 1.29 is 14.7 Å². The molecule has 3 aromatic carbocycles. The molecule has 0 aliphatic heterocycles. The second kappa shape index (κ2) is 9.56. The fourth-order valence-corrected chi connectivity index (χ4v) is 4.93. The number of thiazole rings is 1. The zero-order chi connectivity index (χ0) is 24.4. The molecule has 0 radical (unpaired) electrons. The lowest BCUT2D eigenvalue weighted by atomic mass is 10.0. The molecule has 0 aliphatic rings. The van der Waals surface area contributed by atoms with Crippen LogP contribution < -0.4 is 5.32 Å². The van der Waals surface area contributed by atoms with E-state index in [2.05, 4.69) is 15.3 Å². The minimum atomic E-state index is -0.975. The van der Waals surface area contributed by atoms with Crippen LogP contribution in [0.2, 0.25) is 0 Å². The zero-order valence-corrected chi connectivity index (χ0v) is 19.8. The number of hydrogen-bond donors (Lipinski definition) is 2. The van der Waals surface area contributed by atoms with Crippen molar-refractivity contribution in [3.63, 3.8) is 0 Å². The minimum Gasteiger partial charge on any atom is -0.478 e. The average Bonchev–Trinajstić information content (AvgIpc) is 3.52. The molecule has 5 rings (SSSR count). The number of para-hydroxylation sites is 1. The van der Waals surface area contributed by atoms with Crippen molar-refractivity contribution in [2.75, 3.05) is 0 Å². The number of carboxylic acid groups (broad SMARTS) is 1. The van der Waals surface area contributed by atoms with Crippen LogP contribution in [0.1, 0.15) is 44.9 Å². The summed E-state index contributed by atoms with van der Waals surface area (Å²) in [5.41, 5.74) is 4.52. The maximum Gasteiger partial charge on any atom is 0.335 e. The highest BCUT2D eigenvalue weighted by molar-refractivity contribution is 7.13. The SMILES string of the molecule is C[C@H](NC(=O)c1cccc2ccn(Cc3csc(-c4ccccc4)n3)c12)c1ccc(C(=O)O)cc1. The van der Waals surface area contributed by atoms with Gasteiger partial charge >= 0.3 is 5.97 Å². The van der Waals surface area contributed by atoms with Crippen LogP contribution in [0.3, 0.4) is 0 Å². The molecular formula is C28H23N3O3S. The van der Waals surface area contributed by atoms with Gasteiger partial charge in [-0.2, -0.15) is 0 Å². The number of nitrogens with one attached hydrogen (secondary N) is 1. The first-order chi connectivity index (χ1) is 17.0. The van der Waals surface area contributed by atoms with E-state index in [0.29, 0.717) is 12.1 Å². The summed E-state index contributed by atoms with van der Waals surface area (Å²) in [5, 5.41) is 16.2. The Balaban J connectivity index is 1.38. The van der Waals surface area contributed by atoms with Gasteiger partial charge in [-0.1, -0.05) is 54.6 Å². The third-order valence-electron chi connectivity index (χ3n) is 5.94. The molecule has 6 nitrogen and oxygen atoms in total. The molecular weight excluding hydrogens is 458 g/mol. The first kappa shape index (κ1) is 22.6. The Labute approximate surface area is 206 Å². The maximum absolute atomic E-state index is 13.3. The fourth-order valence-electron chi connectivity index (χ4n) is 4.12. The van der Waals surface area contributed by atoms with E-state index < -0.39 is 5.97 Å². The molecule has 0 fully saturated rings. The topological polar surface area (TPSA) is 84.2 Å². The Morgan fingerprint density at radius 2 is 1.77 bits per heavy atom. The number of carboxylic acids is 1. The summed E-state index contributed by atoms with van der Waals surface area (Å²) in [4.78, 5) is 29.2. The third-order valence-corrected chi connectivity index (χ3v) is 6.88. The van der Waals surface area contributed by atoms with Gasteiger partial charge in [0, 0.05) is 22.5 Å². The van der Waals surface area contributed by atoms with Gasteiger partial charge in [0.05, 0.1) is 34.9 Å². The maximum atomic E-state index is 13.3. The van der Waals surface area contributed by atoms with Crippen LogP contribution in [-0.4, -0.2) is 26.5 Å². The summed E-state index contributed by atoms with van der Waals surface area (Å²) in [6.07, 6.45) is 1.98. The fraction of sp³-hybridized carbons (Fsp3) is 0.107. The number of benzene rings is 3. The van der Waals surface area contributed by atoms with Crippen LogP contribution >= 0.6 is 11.3 Å². The second-order valence-electron chi connectivity index (χ2n) is 8.32. The van der Waals surface area contributed by atoms with E-state index in [-0.39, 0.29) is 17.5 Å². The molecule has 7 heteroatoms. The van der Waals surface area contributed by atoms with E-state index in [1.54, 1.807) is 35.6 Å². The molecule has 35 heavy (non-hydrogen) atoms. The molecule has 1 amide bonds. The van der Waals surface area contributed by atoms with E-state index in [1.807, 2.05) is 67.7 Å². The van der Waals surface area contributed by atoms with E-state index in [1.165, 1.54) is 0 Å². The quantitative estimate of drug-likeness (QED) is 0.298. The molecule has 174 valence electrons. The van der Waals surface area contributed by atoms with Crippen LogP contribution in [0.15, 0.2) is 90.4 Å². The third kappa shape index (κ3) is 4.72. The van der Waals surface area contributed by atoms with Gasteiger partial charge in [-0.3, -0.25) is 4.79 Å². The van der Waals surface area contributed by atoms with Gasteiger partial charge in [-0.15, -0.1) is 11.3 Å². The number of carbonyl (C=O) groups excluding carboxylic acids is 1. The summed E-state index contributed by atoms with van der Waals surface area (Å²) in [7, 11) is 0. The lowest BCUT2D eigenvalue weighted by molar-refractivity contribution is 0.0696. The van der Waals surface area contributed by atoms with E-state index in [9.17, 15) is 9.59 Å². The largest absolute Gasteiger partial charge is 0.478 e. The van der Waals surface area contributed by atoms with Crippen LogP contribution in [0.4, 0.5) is 0 Å². The summed E-state index contributed by atoms with van der Waals surface area (Å²) in [6, 6.07) is 24.1. The van der Waals surface area contributed by atoms with Gasteiger partial charge in [0.1, 0.15) is 5.01 Å². The number of fused-ring (bicyclic) bond motifs is 1. The molecule has 1 atom stereocenters. The second-order valence-corrected chi connectivity index (χ2v) is 9.18. The molecule has 2 heterocycles. The van der Waals surface area contributed by atoms with Crippen LogP contribution in [0, 0.1) is 0 Å².